The molecule has 0 spiro atoms. The monoisotopic (exact) mass is 710 g/mol. The number of nitrogens with zero attached hydrogens (tertiary/aromatic N) is 4. The minimum atomic E-state index is -4.96. The molecule has 2 aromatic carbocycles. The van der Waals surface area contributed by atoms with Crippen LogP contribution in [0, 0.1) is 5.92 Å². The number of carbonyl (C=O) groups excluding carboxylic acids is 1. The Labute approximate surface area is 273 Å². The van der Waals surface area contributed by atoms with Gasteiger partial charge in [0.25, 0.3) is 0 Å². The summed E-state index contributed by atoms with van der Waals surface area (Å²) in [5.74, 6) is 0.659. The number of benzene rings is 2. The van der Waals surface area contributed by atoms with Crippen LogP contribution in [0.25, 0.3) is 0 Å². The Morgan fingerprint density at radius 1 is 0.891 bits per heavy atom. The first kappa shape index (κ1) is 34.2. The minimum Gasteiger partial charge on any atom is -0.336 e. The number of carbonyl (C=O) groups is 1. The smallest absolute Gasteiger partial charge is 0.336 e. The fourth-order valence-electron chi connectivity index (χ4n) is 7.03. The topological polar surface area (TPSA) is 49.3 Å². The SMILES string of the molecule is CCC1CC(N(Cc2cc(C(F)(F)F)cc(C(F)(F)F)c2)c2ncc(Br)cn2)CC(Cc2ccccc2)N1C(=O)CC1CCCC1. The molecule has 0 radical (unpaired) electrons. The summed E-state index contributed by atoms with van der Waals surface area (Å²) in [6.45, 7) is 1.73. The van der Waals surface area contributed by atoms with Crippen LogP contribution in [0.2, 0.25) is 0 Å². The molecule has 1 saturated carbocycles. The molecule has 3 unspecified atom stereocenters. The lowest BCUT2D eigenvalue weighted by Crippen LogP contribution is -2.57. The van der Waals surface area contributed by atoms with Gasteiger partial charge in [0.1, 0.15) is 0 Å². The number of aromatic nitrogens is 2. The predicted octanol–water partition coefficient (Wildman–Crippen LogP) is 9.24. The van der Waals surface area contributed by atoms with Crippen molar-refractivity contribution in [3.63, 3.8) is 0 Å². The van der Waals surface area contributed by atoms with Gasteiger partial charge in [-0.2, -0.15) is 26.3 Å². The van der Waals surface area contributed by atoms with E-state index in [9.17, 15) is 31.1 Å². The van der Waals surface area contributed by atoms with E-state index < -0.39 is 23.5 Å². The van der Waals surface area contributed by atoms with Gasteiger partial charge in [0.05, 0.1) is 15.6 Å². The first-order valence-electron chi connectivity index (χ1n) is 15.7. The molecule has 3 atom stereocenters. The second-order valence-electron chi connectivity index (χ2n) is 12.4. The number of halogens is 7. The molecule has 5 nitrogen and oxygen atoms in total. The average Bonchev–Trinajstić information content (AvgIpc) is 3.52. The summed E-state index contributed by atoms with van der Waals surface area (Å²) in [7, 11) is 0. The lowest BCUT2D eigenvalue weighted by Gasteiger charge is -2.48. The molecule has 1 saturated heterocycles. The first-order chi connectivity index (χ1) is 21.8. The summed E-state index contributed by atoms with van der Waals surface area (Å²) in [5.41, 5.74) is -1.84. The molecule has 248 valence electrons. The predicted molar refractivity (Wildman–Crippen MR) is 167 cm³/mol. The van der Waals surface area contributed by atoms with Crippen LogP contribution in [-0.2, 0) is 30.1 Å². The van der Waals surface area contributed by atoms with Crippen molar-refractivity contribution in [2.75, 3.05) is 4.90 Å². The molecular weight excluding hydrogens is 674 g/mol. The Kier molecular flexibility index (Phi) is 10.6. The van der Waals surface area contributed by atoms with E-state index in [0.29, 0.717) is 42.5 Å². The first-order valence-corrected chi connectivity index (χ1v) is 16.5. The van der Waals surface area contributed by atoms with Crippen LogP contribution in [0.1, 0.15) is 80.5 Å². The highest BCUT2D eigenvalue weighted by atomic mass is 79.9. The third-order valence-corrected chi connectivity index (χ3v) is 9.60. The summed E-state index contributed by atoms with van der Waals surface area (Å²) in [5, 5.41) is 0. The maximum absolute atomic E-state index is 13.9. The van der Waals surface area contributed by atoms with Gasteiger partial charge >= 0.3 is 12.4 Å². The summed E-state index contributed by atoms with van der Waals surface area (Å²) in [6.07, 6.45) is 0.0195. The van der Waals surface area contributed by atoms with Crippen molar-refractivity contribution in [1.29, 1.82) is 0 Å². The third-order valence-electron chi connectivity index (χ3n) is 9.19. The molecule has 1 aliphatic heterocycles. The van der Waals surface area contributed by atoms with E-state index in [1.54, 1.807) is 4.90 Å². The average molecular weight is 712 g/mol. The lowest BCUT2D eigenvalue weighted by atomic mass is 9.85. The molecule has 0 N–H and O–H groups in total. The fourth-order valence-corrected chi connectivity index (χ4v) is 7.24. The minimum absolute atomic E-state index is 0.109. The van der Waals surface area contributed by atoms with E-state index in [1.165, 1.54) is 12.4 Å². The molecular formula is C34H37BrF6N4O. The summed E-state index contributed by atoms with van der Waals surface area (Å²) >= 11 is 3.31. The molecule has 2 aliphatic rings. The van der Waals surface area contributed by atoms with Crippen molar-refractivity contribution < 1.29 is 31.1 Å². The van der Waals surface area contributed by atoms with Gasteiger partial charge in [0.2, 0.25) is 11.9 Å². The van der Waals surface area contributed by atoms with Gasteiger partial charge in [-0.05, 0) is 89.7 Å². The number of likely N-dealkylation sites (tertiary alicyclic amines) is 1. The highest BCUT2D eigenvalue weighted by molar-refractivity contribution is 9.10. The molecule has 2 heterocycles. The van der Waals surface area contributed by atoms with E-state index in [-0.39, 0.29) is 48.2 Å². The van der Waals surface area contributed by atoms with Crippen molar-refractivity contribution in [2.24, 2.45) is 5.92 Å². The van der Waals surface area contributed by atoms with Gasteiger partial charge in [-0.25, -0.2) is 9.97 Å². The van der Waals surface area contributed by atoms with Gasteiger partial charge in [0.15, 0.2) is 0 Å². The van der Waals surface area contributed by atoms with Crippen LogP contribution < -0.4 is 4.90 Å². The van der Waals surface area contributed by atoms with Gasteiger partial charge < -0.3 is 9.80 Å². The number of anilines is 1. The van der Waals surface area contributed by atoms with Crippen LogP contribution in [0.3, 0.4) is 0 Å². The Morgan fingerprint density at radius 2 is 1.48 bits per heavy atom. The van der Waals surface area contributed by atoms with Crippen molar-refractivity contribution in [2.45, 2.75) is 102 Å². The highest BCUT2D eigenvalue weighted by Crippen LogP contribution is 2.39. The lowest BCUT2D eigenvalue weighted by molar-refractivity contribution is -0.143. The Bertz CT molecular complexity index is 1430. The highest BCUT2D eigenvalue weighted by Gasteiger charge is 2.42. The molecule has 1 aliphatic carbocycles. The van der Waals surface area contributed by atoms with E-state index in [1.807, 2.05) is 42.2 Å². The second kappa shape index (κ2) is 14.3. The number of amides is 1. The summed E-state index contributed by atoms with van der Waals surface area (Å²) < 4.78 is 83.2. The zero-order chi connectivity index (χ0) is 33.1. The Balaban J connectivity index is 1.53. The molecule has 46 heavy (non-hydrogen) atoms. The normalized spacial score (nSPS) is 21.0. The van der Waals surface area contributed by atoms with E-state index in [4.69, 9.17) is 0 Å². The zero-order valence-electron chi connectivity index (χ0n) is 25.5. The number of rotatable bonds is 9. The second-order valence-corrected chi connectivity index (χ2v) is 13.3. The summed E-state index contributed by atoms with van der Waals surface area (Å²) in [6, 6.07) is 10.7. The van der Waals surface area contributed by atoms with E-state index in [0.717, 1.165) is 43.4 Å². The Morgan fingerprint density at radius 3 is 2.04 bits per heavy atom. The van der Waals surface area contributed by atoms with Crippen LogP contribution >= 0.6 is 15.9 Å². The van der Waals surface area contributed by atoms with Crippen LogP contribution in [0.5, 0.6) is 0 Å². The number of hydrogen-bond acceptors (Lipinski definition) is 4. The van der Waals surface area contributed by atoms with E-state index in [2.05, 4.69) is 25.9 Å². The number of hydrogen-bond donors (Lipinski definition) is 0. The fraction of sp³-hybridized carbons (Fsp3) is 0.500. The van der Waals surface area contributed by atoms with Crippen molar-refractivity contribution >= 4 is 27.8 Å². The molecule has 0 bridgehead atoms. The largest absolute Gasteiger partial charge is 0.416 e. The van der Waals surface area contributed by atoms with Gasteiger partial charge in [0, 0.05) is 43.5 Å². The van der Waals surface area contributed by atoms with Crippen molar-refractivity contribution in [1.82, 2.24) is 14.9 Å². The molecule has 2 fully saturated rings. The maximum Gasteiger partial charge on any atom is 0.416 e. The molecule has 1 amide bonds. The van der Waals surface area contributed by atoms with Crippen LogP contribution in [0.15, 0.2) is 65.4 Å². The quantitative estimate of drug-likeness (QED) is 0.208. The van der Waals surface area contributed by atoms with Gasteiger partial charge in [-0.1, -0.05) is 50.1 Å². The van der Waals surface area contributed by atoms with Crippen LogP contribution in [0.4, 0.5) is 32.3 Å². The van der Waals surface area contributed by atoms with Gasteiger partial charge in [-0.15, -0.1) is 0 Å². The maximum atomic E-state index is 13.9. The van der Waals surface area contributed by atoms with Crippen LogP contribution in [-0.4, -0.2) is 38.9 Å². The van der Waals surface area contributed by atoms with E-state index >= 15 is 0 Å². The standard InChI is InChI=1S/C34H37BrF6N4O/c1-2-28-17-29(18-30(14-22-8-4-3-5-9-22)45(28)31(46)15-23-10-6-7-11-23)44(32-42-19-27(35)20-43-32)21-24-12-25(33(36,37)38)16-26(13-24)34(39,40)41/h3-5,8-9,12-13,16,19-20,23,28-30H,2,6-7,10-11,14-15,17-18,21H2,1H3. The zero-order valence-corrected chi connectivity index (χ0v) is 27.1. The van der Waals surface area contributed by atoms with Crippen molar-refractivity contribution in [3.05, 3.63) is 87.7 Å². The molecule has 1 aromatic heterocycles. The molecule has 5 rings (SSSR count). The Hall–Kier alpha value is -3.15. The molecule has 3 aromatic rings. The number of alkyl halides is 6. The summed E-state index contributed by atoms with van der Waals surface area (Å²) in [4.78, 5) is 26.5. The van der Waals surface area contributed by atoms with Crippen molar-refractivity contribution in [3.8, 4) is 0 Å². The number of piperidine rings is 1. The third kappa shape index (κ3) is 8.41. The molecule has 12 heteroatoms. The van der Waals surface area contributed by atoms with Gasteiger partial charge in [-0.3, -0.25) is 4.79 Å².